The fourth-order valence-electron chi connectivity index (χ4n) is 3.11. The second-order valence-electron chi connectivity index (χ2n) is 6.53. The normalized spacial score (nSPS) is 11.7. The van der Waals surface area contributed by atoms with Crippen molar-refractivity contribution in [2.24, 2.45) is 0 Å². The molecule has 0 fully saturated rings. The third kappa shape index (κ3) is 3.98. The van der Waals surface area contributed by atoms with Crippen LogP contribution in [0.4, 0.5) is 0 Å². The maximum Gasteiger partial charge on any atom is 0.339 e. The SMILES string of the molecule is COc1ccc(C(=O)OCC(=O)N(C)[C@@H](C)c2ccccc2)c2ccccc12. The Kier molecular flexibility index (Phi) is 5.94. The van der Waals surface area contributed by atoms with Crippen LogP contribution in [0.1, 0.15) is 28.9 Å². The maximum absolute atomic E-state index is 12.6. The van der Waals surface area contributed by atoms with Crippen LogP contribution < -0.4 is 4.74 Å². The Morgan fingerprint density at radius 3 is 2.25 bits per heavy atom. The van der Waals surface area contributed by atoms with E-state index in [-0.39, 0.29) is 18.6 Å². The molecular formula is C23H23NO4. The summed E-state index contributed by atoms with van der Waals surface area (Å²) < 4.78 is 10.7. The second-order valence-corrected chi connectivity index (χ2v) is 6.53. The molecule has 0 aromatic heterocycles. The van der Waals surface area contributed by atoms with Gasteiger partial charge in [-0.15, -0.1) is 0 Å². The van der Waals surface area contributed by atoms with Crippen LogP contribution in [-0.4, -0.2) is 37.5 Å². The van der Waals surface area contributed by atoms with Crippen molar-refractivity contribution in [3.63, 3.8) is 0 Å². The van der Waals surface area contributed by atoms with Crippen LogP contribution in [0, 0.1) is 0 Å². The van der Waals surface area contributed by atoms with Crippen molar-refractivity contribution in [1.82, 2.24) is 4.90 Å². The van der Waals surface area contributed by atoms with E-state index in [1.165, 1.54) is 0 Å². The Labute approximate surface area is 164 Å². The average Bonchev–Trinajstić information content (AvgIpc) is 2.75. The number of nitrogens with zero attached hydrogens (tertiary/aromatic N) is 1. The van der Waals surface area contributed by atoms with Gasteiger partial charge in [0.05, 0.1) is 18.7 Å². The number of hydrogen-bond donors (Lipinski definition) is 0. The van der Waals surface area contributed by atoms with Gasteiger partial charge in [0.15, 0.2) is 6.61 Å². The third-order valence-electron chi connectivity index (χ3n) is 4.91. The molecule has 5 nitrogen and oxygen atoms in total. The minimum Gasteiger partial charge on any atom is -0.496 e. The molecule has 0 aliphatic heterocycles. The quantitative estimate of drug-likeness (QED) is 0.604. The first-order valence-corrected chi connectivity index (χ1v) is 9.06. The van der Waals surface area contributed by atoms with E-state index in [0.717, 1.165) is 16.3 Å². The summed E-state index contributed by atoms with van der Waals surface area (Å²) in [5.74, 6) is -0.116. The number of amides is 1. The lowest BCUT2D eigenvalue weighted by Crippen LogP contribution is -2.33. The van der Waals surface area contributed by atoms with Gasteiger partial charge in [0.2, 0.25) is 0 Å². The fourth-order valence-corrected chi connectivity index (χ4v) is 3.11. The van der Waals surface area contributed by atoms with Gasteiger partial charge >= 0.3 is 5.97 Å². The van der Waals surface area contributed by atoms with Gasteiger partial charge < -0.3 is 14.4 Å². The van der Waals surface area contributed by atoms with Gasteiger partial charge in [-0.2, -0.15) is 0 Å². The number of hydrogen-bond acceptors (Lipinski definition) is 4. The fraction of sp³-hybridized carbons (Fsp3) is 0.217. The molecule has 0 aliphatic rings. The van der Waals surface area contributed by atoms with Gasteiger partial charge in [-0.3, -0.25) is 4.79 Å². The smallest absolute Gasteiger partial charge is 0.339 e. The molecular weight excluding hydrogens is 354 g/mol. The molecule has 0 bridgehead atoms. The van der Waals surface area contributed by atoms with Crippen molar-refractivity contribution in [2.75, 3.05) is 20.8 Å². The molecule has 3 rings (SSSR count). The highest BCUT2D eigenvalue weighted by atomic mass is 16.5. The van der Waals surface area contributed by atoms with E-state index < -0.39 is 5.97 Å². The van der Waals surface area contributed by atoms with E-state index in [2.05, 4.69) is 0 Å². The monoisotopic (exact) mass is 377 g/mol. The summed E-state index contributed by atoms with van der Waals surface area (Å²) in [5.41, 5.74) is 1.42. The number of benzene rings is 3. The summed E-state index contributed by atoms with van der Waals surface area (Å²) in [4.78, 5) is 26.7. The minimum absolute atomic E-state index is 0.116. The Bertz CT molecular complexity index is 984. The molecule has 1 amide bonds. The predicted octanol–water partition coefficient (Wildman–Crippen LogP) is 4.22. The van der Waals surface area contributed by atoms with Crippen LogP contribution in [-0.2, 0) is 9.53 Å². The molecule has 0 saturated carbocycles. The Balaban J connectivity index is 1.70. The van der Waals surface area contributed by atoms with Crippen molar-refractivity contribution in [1.29, 1.82) is 0 Å². The van der Waals surface area contributed by atoms with Crippen LogP contribution in [0.2, 0.25) is 0 Å². The van der Waals surface area contributed by atoms with Gasteiger partial charge in [-0.25, -0.2) is 4.79 Å². The summed E-state index contributed by atoms with van der Waals surface area (Å²) in [7, 11) is 3.29. The molecule has 1 atom stereocenters. The molecule has 144 valence electrons. The van der Waals surface area contributed by atoms with E-state index in [1.54, 1.807) is 31.2 Å². The summed E-state index contributed by atoms with van der Waals surface area (Å²) in [5, 5.41) is 1.55. The van der Waals surface area contributed by atoms with Crippen molar-refractivity contribution in [3.8, 4) is 5.75 Å². The van der Waals surface area contributed by atoms with Crippen LogP contribution in [0.25, 0.3) is 10.8 Å². The Hall–Kier alpha value is -3.34. The van der Waals surface area contributed by atoms with E-state index in [0.29, 0.717) is 11.3 Å². The maximum atomic E-state index is 12.6. The van der Waals surface area contributed by atoms with Gasteiger partial charge in [-0.05, 0) is 30.0 Å². The van der Waals surface area contributed by atoms with Crippen LogP contribution in [0.3, 0.4) is 0 Å². The van der Waals surface area contributed by atoms with Crippen molar-refractivity contribution < 1.29 is 19.1 Å². The predicted molar refractivity (Wildman–Crippen MR) is 108 cm³/mol. The van der Waals surface area contributed by atoms with Gasteiger partial charge in [0, 0.05) is 12.4 Å². The summed E-state index contributed by atoms with van der Waals surface area (Å²) in [6.45, 7) is 1.62. The number of carbonyl (C=O) groups is 2. The number of esters is 1. The third-order valence-corrected chi connectivity index (χ3v) is 4.91. The number of fused-ring (bicyclic) bond motifs is 1. The highest BCUT2D eigenvalue weighted by molar-refractivity contribution is 6.06. The van der Waals surface area contributed by atoms with Crippen molar-refractivity contribution >= 4 is 22.6 Å². The standard InChI is InChI=1S/C23H23NO4/c1-16(17-9-5-4-6-10-17)24(2)22(25)15-28-23(26)20-13-14-21(27-3)19-12-8-7-11-18(19)20/h4-14,16H,15H2,1-3H3/t16-/m0/s1. The summed E-state index contributed by atoms with van der Waals surface area (Å²) in [6.07, 6.45) is 0. The molecule has 3 aromatic carbocycles. The molecule has 0 radical (unpaired) electrons. The second kappa shape index (κ2) is 8.57. The molecule has 28 heavy (non-hydrogen) atoms. The lowest BCUT2D eigenvalue weighted by atomic mass is 10.0. The first-order chi connectivity index (χ1) is 13.5. The Morgan fingerprint density at radius 2 is 1.57 bits per heavy atom. The molecule has 3 aromatic rings. The number of likely N-dealkylation sites (N-methyl/N-ethyl adjacent to an activating group) is 1. The van der Waals surface area contributed by atoms with E-state index >= 15 is 0 Å². The van der Waals surface area contributed by atoms with Gasteiger partial charge in [0.1, 0.15) is 5.75 Å². The first-order valence-electron chi connectivity index (χ1n) is 9.06. The zero-order valence-electron chi connectivity index (χ0n) is 16.2. The lowest BCUT2D eigenvalue weighted by Gasteiger charge is -2.25. The van der Waals surface area contributed by atoms with Crippen LogP contribution >= 0.6 is 0 Å². The zero-order valence-corrected chi connectivity index (χ0v) is 16.2. The highest BCUT2D eigenvalue weighted by Crippen LogP contribution is 2.28. The number of rotatable bonds is 6. The lowest BCUT2D eigenvalue weighted by molar-refractivity contribution is -0.135. The summed E-state index contributed by atoms with van der Waals surface area (Å²) >= 11 is 0. The molecule has 0 saturated heterocycles. The molecule has 0 aliphatic carbocycles. The topological polar surface area (TPSA) is 55.8 Å². The molecule has 0 N–H and O–H groups in total. The minimum atomic E-state index is -0.534. The summed E-state index contributed by atoms with van der Waals surface area (Å²) in [6, 6.07) is 20.4. The van der Waals surface area contributed by atoms with Crippen molar-refractivity contribution in [3.05, 3.63) is 77.9 Å². The highest BCUT2D eigenvalue weighted by Gasteiger charge is 2.20. The van der Waals surface area contributed by atoms with Crippen LogP contribution in [0.5, 0.6) is 5.75 Å². The molecule has 0 unspecified atom stereocenters. The number of methoxy groups -OCH3 is 1. The molecule has 5 heteroatoms. The first kappa shape index (κ1) is 19.4. The van der Waals surface area contributed by atoms with E-state index in [9.17, 15) is 9.59 Å². The number of ether oxygens (including phenoxy) is 2. The van der Waals surface area contributed by atoms with E-state index in [4.69, 9.17) is 9.47 Å². The number of carbonyl (C=O) groups excluding carboxylic acids is 2. The molecule has 0 spiro atoms. The Morgan fingerprint density at radius 1 is 0.929 bits per heavy atom. The van der Waals surface area contributed by atoms with Crippen LogP contribution in [0.15, 0.2) is 66.7 Å². The van der Waals surface area contributed by atoms with Gasteiger partial charge in [0.25, 0.3) is 5.91 Å². The average molecular weight is 377 g/mol. The van der Waals surface area contributed by atoms with Crippen molar-refractivity contribution in [2.45, 2.75) is 13.0 Å². The zero-order chi connectivity index (χ0) is 20.1. The molecule has 0 heterocycles. The van der Waals surface area contributed by atoms with E-state index in [1.807, 2.05) is 61.5 Å². The largest absolute Gasteiger partial charge is 0.496 e. The van der Waals surface area contributed by atoms with Gasteiger partial charge in [-0.1, -0.05) is 54.6 Å².